The number of hydrogen-bond donors (Lipinski definition) is 0. The van der Waals surface area contributed by atoms with Gasteiger partial charge in [0.05, 0.1) is 18.6 Å². The van der Waals surface area contributed by atoms with Crippen LogP contribution in [0.1, 0.15) is 38.2 Å². The highest BCUT2D eigenvalue weighted by Gasteiger charge is 2.24. The van der Waals surface area contributed by atoms with Crippen LogP contribution in [0.3, 0.4) is 0 Å². The van der Waals surface area contributed by atoms with E-state index < -0.39 is 0 Å². The average Bonchev–Trinajstić information content (AvgIpc) is 2.86. The van der Waals surface area contributed by atoms with E-state index in [1.54, 1.807) is 18.2 Å². The van der Waals surface area contributed by atoms with Crippen LogP contribution in [0.15, 0.2) is 66.7 Å². The second-order valence-corrected chi connectivity index (χ2v) is 7.19. The molecule has 29 heavy (non-hydrogen) atoms. The van der Waals surface area contributed by atoms with Gasteiger partial charge in [-0.05, 0) is 35.7 Å². The first kappa shape index (κ1) is 18.9. The lowest BCUT2D eigenvalue weighted by atomic mass is 9.94. The minimum atomic E-state index is -0.292. The van der Waals surface area contributed by atoms with Gasteiger partial charge in [0.2, 0.25) is 0 Å². The molecule has 4 nitrogen and oxygen atoms in total. The van der Waals surface area contributed by atoms with E-state index in [1.807, 2.05) is 55.5 Å². The van der Waals surface area contributed by atoms with Crippen LogP contribution in [0.5, 0.6) is 5.75 Å². The van der Waals surface area contributed by atoms with Gasteiger partial charge >= 0.3 is 5.97 Å². The molecule has 1 aliphatic rings. The molecule has 0 saturated carbocycles. The average molecular weight is 386 g/mol. The highest BCUT2D eigenvalue weighted by Crippen LogP contribution is 2.31. The molecule has 0 radical (unpaired) electrons. The molecule has 0 aromatic heterocycles. The van der Waals surface area contributed by atoms with Crippen LogP contribution in [0.25, 0.3) is 0 Å². The molecule has 4 rings (SSSR count). The Morgan fingerprint density at radius 2 is 1.83 bits per heavy atom. The smallest absolute Gasteiger partial charge is 0.310 e. The van der Waals surface area contributed by atoms with Gasteiger partial charge in [0.1, 0.15) is 12.4 Å². The lowest BCUT2D eigenvalue weighted by Gasteiger charge is -2.09. The Kier molecular flexibility index (Phi) is 5.43. The molecule has 0 N–H and O–H groups in total. The Bertz CT molecular complexity index is 1050. The van der Waals surface area contributed by atoms with Crippen molar-refractivity contribution in [1.82, 2.24) is 0 Å². The van der Waals surface area contributed by atoms with Gasteiger partial charge in [-0.2, -0.15) is 0 Å². The minimum Gasteiger partial charge on any atom is -0.488 e. The third-order valence-electron chi connectivity index (χ3n) is 5.11. The van der Waals surface area contributed by atoms with E-state index in [0.717, 1.165) is 22.3 Å². The molecule has 146 valence electrons. The van der Waals surface area contributed by atoms with Gasteiger partial charge in [-0.3, -0.25) is 9.59 Å². The number of rotatable bonds is 5. The first-order valence-corrected chi connectivity index (χ1v) is 9.70. The summed E-state index contributed by atoms with van der Waals surface area (Å²) < 4.78 is 11.2. The minimum absolute atomic E-state index is 0.0393. The van der Waals surface area contributed by atoms with E-state index in [4.69, 9.17) is 9.47 Å². The summed E-state index contributed by atoms with van der Waals surface area (Å²) in [5.41, 5.74) is 4.96. The number of esters is 1. The van der Waals surface area contributed by atoms with E-state index in [-0.39, 0.29) is 18.2 Å². The summed E-state index contributed by atoms with van der Waals surface area (Å²) in [5.74, 6) is 0.183. The van der Waals surface area contributed by atoms with E-state index in [9.17, 15) is 9.59 Å². The highest BCUT2D eigenvalue weighted by atomic mass is 16.5. The van der Waals surface area contributed by atoms with Crippen LogP contribution in [0.2, 0.25) is 0 Å². The molecular weight excluding hydrogens is 364 g/mol. The number of ether oxygens (including phenoxy) is 2. The molecule has 0 fully saturated rings. The van der Waals surface area contributed by atoms with Crippen LogP contribution in [-0.2, 0) is 29.0 Å². The third kappa shape index (κ3) is 4.21. The zero-order valence-corrected chi connectivity index (χ0v) is 16.3. The van der Waals surface area contributed by atoms with Crippen LogP contribution in [-0.4, -0.2) is 18.4 Å². The maximum absolute atomic E-state index is 13.0. The van der Waals surface area contributed by atoms with E-state index in [0.29, 0.717) is 36.5 Å². The Morgan fingerprint density at radius 3 is 2.66 bits per heavy atom. The lowest BCUT2D eigenvalue weighted by molar-refractivity contribution is -0.142. The number of benzene rings is 3. The van der Waals surface area contributed by atoms with Crippen molar-refractivity contribution in [2.45, 2.75) is 26.4 Å². The SMILES string of the molecule is Cc1cccc2c1C(=O)c1ccc(CC(=O)OCCc3ccccc3)cc1OC2. The van der Waals surface area contributed by atoms with Gasteiger partial charge in [-0.25, -0.2) is 0 Å². The summed E-state index contributed by atoms with van der Waals surface area (Å²) in [6.45, 7) is 2.61. The summed E-state index contributed by atoms with van der Waals surface area (Å²) in [4.78, 5) is 25.2. The Balaban J connectivity index is 1.43. The Morgan fingerprint density at radius 1 is 1.00 bits per heavy atom. The number of carbonyl (C=O) groups is 2. The van der Waals surface area contributed by atoms with Crippen molar-refractivity contribution < 1.29 is 19.1 Å². The standard InChI is InChI=1S/C25H22O4/c1-17-6-5-9-20-16-29-22-14-19(10-11-21(22)25(27)24(17)20)15-23(26)28-13-12-18-7-3-2-4-8-18/h2-11,14H,12-13,15-16H2,1H3. The van der Waals surface area contributed by atoms with Gasteiger partial charge in [-0.15, -0.1) is 0 Å². The molecule has 3 aromatic rings. The molecule has 1 aliphatic heterocycles. The number of ketones is 1. The summed E-state index contributed by atoms with van der Waals surface area (Å²) in [7, 11) is 0. The molecule has 0 unspecified atom stereocenters. The maximum Gasteiger partial charge on any atom is 0.310 e. The fourth-order valence-electron chi connectivity index (χ4n) is 3.59. The van der Waals surface area contributed by atoms with Crippen molar-refractivity contribution in [3.8, 4) is 5.75 Å². The molecule has 0 aliphatic carbocycles. The van der Waals surface area contributed by atoms with Crippen molar-refractivity contribution in [3.63, 3.8) is 0 Å². The second-order valence-electron chi connectivity index (χ2n) is 7.19. The molecule has 0 amide bonds. The predicted octanol–water partition coefficient (Wildman–Crippen LogP) is 4.45. The fourth-order valence-corrected chi connectivity index (χ4v) is 3.59. The first-order valence-electron chi connectivity index (χ1n) is 9.70. The molecular formula is C25H22O4. The Hall–Kier alpha value is -3.40. The molecule has 3 aromatic carbocycles. The van der Waals surface area contributed by atoms with Crippen molar-refractivity contribution in [2.24, 2.45) is 0 Å². The predicted molar refractivity (Wildman–Crippen MR) is 110 cm³/mol. The quantitative estimate of drug-likeness (QED) is 0.608. The van der Waals surface area contributed by atoms with Gasteiger partial charge < -0.3 is 9.47 Å². The van der Waals surface area contributed by atoms with Crippen LogP contribution in [0, 0.1) is 6.92 Å². The molecule has 0 saturated heterocycles. The number of hydrogen-bond acceptors (Lipinski definition) is 4. The molecule has 0 spiro atoms. The first-order chi connectivity index (χ1) is 14.1. The number of carbonyl (C=O) groups excluding carboxylic acids is 2. The monoisotopic (exact) mass is 386 g/mol. The van der Waals surface area contributed by atoms with Gasteiger partial charge in [0.25, 0.3) is 0 Å². The molecule has 1 heterocycles. The van der Waals surface area contributed by atoms with Gasteiger partial charge in [-0.1, -0.05) is 54.6 Å². The van der Waals surface area contributed by atoms with Gasteiger partial charge in [0, 0.05) is 17.5 Å². The Labute approximate surface area is 170 Å². The summed E-state index contributed by atoms with van der Waals surface area (Å²) in [6.07, 6.45) is 0.831. The molecule has 0 bridgehead atoms. The maximum atomic E-state index is 13.0. The van der Waals surface area contributed by atoms with Crippen LogP contribution >= 0.6 is 0 Å². The van der Waals surface area contributed by atoms with E-state index in [1.165, 1.54) is 0 Å². The van der Waals surface area contributed by atoms with Crippen molar-refractivity contribution in [1.29, 1.82) is 0 Å². The lowest BCUT2D eigenvalue weighted by Crippen LogP contribution is -2.11. The van der Waals surface area contributed by atoms with Crippen molar-refractivity contribution in [3.05, 3.63) is 100 Å². The highest BCUT2D eigenvalue weighted by molar-refractivity contribution is 6.12. The third-order valence-corrected chi connectivity index (χ3v) is 5.11. The fraction of sp³-hybridized carbons (Fsp3) is 0.200. The van der Waals surface area contributed by atoms with Crippen molar-refractivity contribution >= 4 is 11.8 Å². The van der Waals surface area contributed by atoms with E-state index in [2.05, 4.69) is 0 Å². The topological polar surface area (TPSA) is 52.6 Å². The van der Waals surface area contributed by atoms with E-state index >= 15 is 0 Å². The molecule has 4 heteroatoms. The summed E-state index contributed by atoms with van der Waals surface area (Å²) in [5, 5.41) is 0. The van der Waals surface area contributed by atoms with Crippen LogP contribution < -0.4 is 4.74 Å². The summed E-state index contributed by atoms with van der Waals surface area (Å²) in [6, 6.07) is 21.0. The zero-order valence-electron chi connectivity index (χ0n) is 16.3. The largest absolute Gasteiger partial charge is 0.488 e. The zero-order chi connectivity index (χ0) is 20.2. The van der Waals surface area contributed by atoms with Gasteiger partial charge in [0.15, 0.2) is 5.78 Å². The summed E-state index contributed by atoms with van der Waals surface area (Å²) >= 11 is 0. The molecule has 0 atom stereocenters. The van der Waals surface area contributed by atoms with Crippen molar-refractivity contribution in [2.75, 3.05) is 6.61 Å². The normalized spacial score (nSPS) is 12.4. The number of aryl methyl sites for hydroxylation is 1. The van der Waals surface area contributed by atoms with Crippen LogP contribution in [0.4, 0.5) is 0 Å². The second kappa shape index (κ2) is 8.31. The number of fused-ring (bicyclic) bond motifs is 2.